The highest BCUT2D eigenvalue weighted by atomic mass is 16.5. The van der Waals surface area contributed by atoms with Crippen LogP contribution < -0.4 is 5.32 Å². The molecule has 3 aromatic carbocycles. The molecule has 0 bridgehead atoms. The van der Waals surface area contributed by atoms with Gasteiger partial charge < -0.3 is 10.1 Å². The first kappa shape index (κ1) is 17.9. The number of hydrogen-bond acceptors (Lipinski definition) is 2. The number of aryl methyl sites for hydroxylation is 1. The molecule has 0 aromatic heterocycles. The molecule has 0 aliphatic rings. The van der Waals surface area contributed by atoms with Gasteiger partial charge in [-0.3, -0.25) is 4.79 Å². The van der Waals surface area contributed by atoms with Crippen LogP contribution in [0.1, 0.15) is 38.7 Å². The summed E-state index contributed by atoms with van der Waals surface area (Å²) < 4.78 is 5.12. The molecule has 1 amide bonds. The number of amides is 1. The number of carbonyl (C=O) groups is 1. The van der Waals surface area contributed by atoms with Gasteiger partial charge in [-0.05, 0) is 35.7 Å². The van der Waals surface area contributed by atoms with Gasteiger partial charge in [0.25, 0.3) is 5.91 Å². The summed E-state index contributed by atoms with van der Waals surface area (Å²) in [7, 11) is 1.66. The molecule has 1 atom stereocenters. The van der Waals surface area contributed by atoms with Crippen LogP contribution >= 0.6 is 0 Å². The number of rotatable bonds is 6. The van der Waals surface area contributed by atoms with Gasteiger partial charge in [-0.1, -0.05) is 72.3 Å². The first-order valence-corrected chi connectivity index (χ1v) is 8.67. The maximum Gasteiger partial charge on any atom is 0.252 e. The molecule has 26 heavy (non-hydrogen) atoms. The zero-order valence-electron chi connectivity index (χ0n) is 15.1. The summed E-state index contributed by atoms with van der Waals surface area (Å²) in [5, 5.41) is 3.17. The molecule has 3 rings (SSSR count). The van der Waals surface area contributed by atoms with Crippen LogP contribution in [0, 0.1) is 6.92 Å². The lowest BCUT2D eigenvalue weighted by atomic mass is 9.97. The predicted octanol–water partition coefficient (Wildman–Crippen LogP) is 4.66. The summed E-state index contributed by atoms with van der Waals surface area (Å²) in [4.78, 5) is 12.8. The van der Waals surface area contributed by atoms with Gasteiger partial charge in [0, 0.05) is 12.7 Å². The highest BCUT2D eigenvalue weighted by Gasteiger charge is 2.17. The predicted molar refractivity (Wildman–Crippen MR) is 104 cm³/mol. The Hall–Kier alpha value is -2.91. The molecule has 0 spiro atoms. The normalized spacial score (nSPS) is 11.8. The SMILES string of the molecule is COCc1ccc(C(=O)N[C@H](c2ccccc2)c2ccc(C)cc2)cc1. The minimum Gasteiger partial charge on any atom is -0.380 e. The fraction of sp³-hybridized carbons (Fsp3) is 0.174. The van der Waals surface area contributed by atoms with Crippen molar-refractivity contribution in [3.63, 3.8) is 0 Å². The van der Waals surface area contributed by atoms with Crippen LogP contribution in [0.15, 0.2) is 78.9 Å². The van der Waals surface area contributed by atoms with Crippen molar-refractivity contribution in [3.8, 4) is 0 Å². The van der Waals surface area contributed by atoms with Gasteiger partial charge in [-0.15, -0.1) is 0 Å². The van der Waals surface area contributed by atoms with E-state index in [9.17, 15) is 4.79 Å². The Morgan fingerprint density at radius 2 is 1.50 bits per heavy atom. The van der Waals surface area contributed by atoms with Gasteiger partial charge in [0.05, 0.1) is 12.6 Å². The third-order valence-corrected chi connectivity index (χ3v) is 4.35. The maximum atomic E-state index is 12.8. The topological polar surface area (TPSA) is 38.3 Å². The summed E-state index contributed by atoms with van der Waals surface area (Å²) >= 11 is 0. The average Bonchev–Trinajstić information content (AvgIpc) is 2.68. The standard InChI is InChI=1S/C23H23NO2/c1-17-8-12-20(13-9-17)22(19-6-4-3-5-7-19)24-23(25)21-14-10-18(11-15-21)16-26-2/h3-15,22H,16H2,1-2H3,(H,24,25)/t22-/m1/s1. The first-order chi connectivity index (χ1) is 12.7. The Kier molecular flexibility index (Phi) is 5.82. The lowest BCUT2D eigenvalue weighted by Gasteiger charge is -2.20. The molecule has 0 saturated heterocycles. The number of nitrogens with one attached hydrogen (secondary N) is 1. The largest absolute Gasteiger partial charge is 0.380 e. The van der Waals surface area contributed by atoms with Crippen molar-refractivity contribution in [2.24, 2.45) is 0 Å². The monoisotopic (exact) mass is 345 g/mol. The van der Waals surface area contributed by atoms with Crippen LogP contribution in [-0.2, 0) is 11.3 Å². The van der Waals surface area contributed by atoms with Crippen LogP contribution in [0.3, 0.4) is 0 Å². The Balaban J connectivity index is 1.85. The summed E-state index contributed by atoms with van der Waals surface area (Å²) in [5.74, 6) is -0.0941. The molecule has 3 heteroatoms. The number of methoxy groups -OCH3 is 1. The quantitative estimate of drug-likeness (QED) is 0.705. The summed E-state index contributed by atoms with van der Waals surface area (Å²) in [5.41, 5.74) is 4.99. The van der Waals surface area contributed by atoms with Crippen molar-refractivity contribution in [1.29, 1.82) is 0 Å². The van der Waals surface area contributed by atoms with Gasteiger partial charge in [0.15, 0.2) is 0 Å². The lowest BCUT2D eigenvalue weighted by Crippen LogP contribution is -2.29. The molecule has 0 saturated carbocycles. The van der Waals surface area contributed by atoms with Crippen molar-refractivity contribution >= 4 is 5.91 Å². The van der Waals surface area contributed by atoms with E-state index in [1.54, 1.807) is 7.11 Å². The smallest absolute Gasteiger partial charge is 0.252 e. The van der Waals surface area contributed by atoms with Crippen LogP contribution in [0.4, 0.5) is 0 Å². The zero-order valence-corrected chi connectivity index (χ0v) is 15.1. The number of ether oxygens (including phenoxy) is 1. The number of benzene rings is 3. The molecule has 0 unspecified atom stereocenters. The summed E-state index contributed by atoms with van der Waals surface area (Å²) in [6.45, 7) is 2.60. The highest BCUT2D eigenvalue weighted by molar-refractivity contribution is 5.94. The van der Waals surface area contributed by atoms with E-state index in [2.05, 4.69) is 36.5 Å². The van der Waals surface area contributed by atoms with E-state index in [4.69, 9.17) is 4.74 Å². The lowest BCUT2D eigenvalue weighted by molar-refractivity contribution is 0.0943. The van der Waals surface area contributed by atoms with Gasteiger partial charge in [0.2, 0.25) is 0 Å². The fourth-order valence-corrected chi connectivity index (χ4v) is 2.90. The molecule has 1 N–H and O–H groups in total. The molecule has 3 aromatic rings. The molecule has 132 valence electrons. The second kappa shape index (κ2) is 8.45. The third-order valence-electron chi connectivity index (χ3n) is 4.35. The van der Waals surface area contributed by atoms with Gasteiger partial charge >= 0.3 is 0 Å². The highest BCUT2D eigenvalue weighted by Crippen LogP contribution is 2.23. The fourth-order valence-electron chi connectivity index (χ4n) is 2.90. The van der Waals surface area contributed by atoms with Crippen LogP contribution in [0.5, 0.6) is 0 Å². The summed E-state index contributed by atoms with van der Waals surface area (Å²) in [6, 6.07) is 25.6. The molecule has 0 radical (unpaired) electrons. The molecule has 0 aliphatic carbocycles. The molecule has 0 heterocycles. The third kappa shape index (κ3) is 4.38. The average molecular weight is 345 g/mol. The van der Waals surface area contributed by atoms with Crippen molar-refractivity contribution < 1.29 is 9.53 Å². The van der Waals surface area contributed by atoms with Crippen LogP contribution in [0.2, 0.25) is 0 Å². The minimum atomic E-state index is -0.192. The van der Waals surface area contributed by atoms with Gasteiger partial charge in [0.1, 0.15) is 0 Å². The van der Waals surface area contributed by atoms with E-state index in [1.165, 1.54) is 5.56 Å². The van der Waals surface area contributed by atoms with E-state index in [-0.39, 0.29) is 11.9 Å². The summed E-state index contributed by atoms with van der Waals surface area (Å²) in [6.07, 6.45) is 0. The Bertz CT molecular complexity index is 840. The molecule has 0 fully saturated rings. The van der Waals surface area contributed by atoms with Gasteiger partial charge in [-0.2, -0.15) is 0 Å². The van der Waals surface area contributed by atoms with E-state index in [0.29, 0.717) is 12.2 Å². The molecular weight excluding hydrogens is 322 g/mol. The maximum absolute atomic E-state index is 12.8. The van der Waals surface area contributed by atoms with Crippen molar-refractivity contribution in [2.75, 3.05) is 7.11 Å². The molecular formula is C23H23NO2. The Morgan fingerprint density at radius 3 is 2.12 bits per heavy atom. The van der Waals surface area contributed by atoms with E-state index in [1.807, 2.05) is 54.6 Å². The molecule has 0 aliphatic heterocycles. The van der Waals surface area contributed by atoms with E-state index < -0.39 is 0 Å². The zero-order chi connectivity index (χ0) is 18.4. The van der Waals surface area contributed by atoms with Crippen molar-refractivity contribution in [3.05, 3.63) is 107 Å². The second-order valence-electron chi connectivity index (χ2n) is 6.36. The van der Waals surface area contributed by atoms with Crippen LogP contribution in [0.25, 0.3) is 0 Å². The molecule has 3 nitrogen and oxygen atoms in total. The first-order valence-electron chi connectivity index (χ1n) is 8.67. The van der Waals surface area contributed by atoms with Crippen molar-refractivity contribution in [2.45, 2.75) is 19.6 Å². The van der Waals surface area contributed by atoms with Gasteiger partial charge in [-0.25, -0.2) is 0 Å². The van der Waals surface area contributed by atoms with E-state index in [0.717, 1.165) is 16.7 Å². The second-order valence-corrected chi connectivity index (χ2v) is 6.36. The van der Waals surface area contributed by atoms with Crippen LogP contribution in [-0.4, -0.2) is 13.0 Å². The minimum absolute atomic E-state index is 0.0941. The Morgan fingerprint density at radius 1 is 0.885 bits per heavy atom. The van der Waals surface area contributed by atoms with E-state index >= 15 is 0 Å². The number of carbonyl (C=O) groups excluding carboxylic acids is 1. The van der Waals surface area contributed by atoms with Crippen molar-refractivity contribution in [1.82, 2.24) is 5.32 Å². The number of hydrogen-bond donors (Lipinski definition) is 1. The Labute approximate surface area is 154 Å².